The molecule has 0 saturated carbocycles. The molecule has 1 N–H and O–H groups in total. The molecule has 2 unspecified atom stereocenters. The Hall–Kier alpha value is -4.41. The lowest BCUT2D eigenvalue weighted by atomic mass is 9.90. The van der Waals surface area contributed by atoms with Gasteiger partial charge in [0.25, 0.3) is 0 Å². The lowest BCUT2D eigenvalue weighted by molar-refractivity contribution is 0.397. The quantitative estimate of drug-likeness (QED) is 0.200. The topological polar surface area (TPSA) is 24.5 Å². The van der Waals surface area contributed by atoms with Gasteiger partial charge in [-0.05, 0) is 35.9 Å². The highest BCUT2D eigenvalue weighted by molar-refractivity contribution is 7.80. The van der Waals surface area contributed by atoms with Crippen molar-refractivity contribution in [1.82, 2.24) is 5.32 Å². The molecular weight excluding hydrogens is 484 g/mol. The predicted octanol–water partition coefficient (Wildman–Crippen LogP) is 8.28. The minimum atomic E-state index is -0.208. The Morgan fingerprint density at radius 3 is 1.66 bits per heavy atom. The number of para-hydroxylation sites is 3. The number of methoxy groups -OCH3 is 1. The van der Waals surface area contributed by atoms with Crippen molar-refractivity contribution in [2.24, 2.45) is 0 Å². The lowest BCUT2D eigenvalue weighted by Gasteiger charge is -2.40. The van der Waals surface area contributed by atoms with Crippen molar-refractivity contribution < 1.29 is 4.74 Å². The molecule has 0 aliphatic heterocycles. The molecule has 0 fully saturated rings. The van der Waals surface area contributed by atoms with E-state index in [2.05, 4.69) is 95.1 Å². The summed E-state index contributed by atoms with van der Waals surface area (Å²) in [4.78, 5) is 3.07. The summed E-state index contributed by atoms with van der Waals surface area (Å²) >= 11 is 5.99. The van der Waals surface area contributed by atoms with Gasteiger partial charge >= 0.3 is 0 Å². The highest BCUT2D eigenvalue weighted by atomic mass is 32.1. The van der Waals surface area contributed by atoms with E-state index in [4.69, 9.17) is 17.0 Å². The van der Waals surface area contributed by atoms with Crippen LogP contribution < -0.4 is 15.0 Å². The van der Waals surface area contributed by atoms with Gasteiger partial charge in [0, 0.05) is 22.5 Å². The number of nitrogens with one attached hydrogen (secondary N) is 1. The molecule has 5 aromatic carbocycles. The molecule has 0 radical (unpaired) electrons. The summed E-state index contributed by atoms with van der Waals surface area (Å²) in [6.45, 7) is 0. The number of hydrogen-bond acceptors (Lipinski definition) is 3. The molecule has 188 valence electrons. The monoisotopic (exact) mass is 514 g/mol. The van der Waals surface area contributed by atoms with Gasteiger partial charge in [-0.1, -0.05) is 127 Å². The molecule has 0 heterocycles. The molecule has 5 rings (SSSR count). The Labute approximate surface area is 230 Å². The lowest BCUT2D eigenvalue weighted by Crippen LogP contribution is -2.39. The normalized spacial score (nSPS) is 12.2. The van der Waals surface area contributed by atoms with Gasteiger partial charge in [0.15, 0.2) is 0 Å². The Morgan fingerprint density at radius 2 is 1.11 bits per heavy atom. The van der Waals surface area contributed by atoms with Crippen LogP contribution >= 0.6 is 12.2 Å². The molecule has 0 amide bonds. The van der Waals surface area contributed by atoms with Gasteiger partial charge in [-0.3, -0.25) is 0 Å². The van der Waals surface area contributed by atoms with Gasteiger partial charge in [-0.2, -0.15) is 0 Å². The second-order valence-corrected chi connectivity index (χ2v) is 9.36. The standard InChI is InChI=1S/C34H30N2OS/c1-37-31-25-15-14-24-30(31)33(36(28-20-10-4-11-21-28)29-22-12-5-13-23-29)32(26-16-6-2-7-17-26)35-34(38)27-18-8-3-9-19-27/h2-25,32-33H,1H3,(H,35,38). The van der Waals surface area contributed by atoms with E-state index in [1.165, 1.54) is 0 Å². The average molecular weight is 515 g/mol. The summed E-state index contributed by atoms with van der Waals surface area (Å²) in [5, 5.41) is 3.75. The predicted molar refractivity (Wildman–Crippen MR) is 161 cm³/mol. The first-order valence-corrected chi connectivity index (χ1v) is 13.1. The van der Waals surface area contributed by atoms with Crippen LogP contribution in [0.15, 0.2) is 146 Å². The van der Waals surface area contributed by atoms with Gasteiger partial charge in [0.1, 0.15) is 10.7 Å². The van der Waals surface area contributed by atoms with E-state index >= 15 is 0 Å². The fourth-order valence-electron chi connectivity index (χ4n) is 4.84. The minimum absolute atomic E-state index is 0.208. The fourth-order valence-corrected chi connectivity index (χ4v) is 5.11. The van der Waals surface area contributed by atoms with Crippen LogP contribution in [0.25, 0.3) is 0 Å². The minimum Gasteiger partial charge on any atom is -0.496 e. The van der Waals surface area contributed by atoms with Gasteiger partial charge in [0.2, 0.25) is 0 Å². The van der Waals surface area contributed by atoms with E-state index in [9.17, 15) is 0 Å². The summed E-state index contributed by atoms with van der Waals surface area (Å²) in [5.74, 6) is 0.822. The van der Waals surface area contributed by atoms with Crippen LogP contribution in [-0.2, 0) is 0 Å². The fraction of sp³-hybridized carbons (Fsp3) is 0.0882. The zero-order valence-electron chi connectivity index (χ0n) is 21.3. The van der Waals surface area contributed by atoms with E-state index in [1.54, 1.807) is 7.11 Å². The third-order valence-electron chi connectivity index (χ3n) is 6.60. The Bertz CT molecular complexity index is 1400. The second kappa shape index (κ2) is 12.2. The average Bonchev–Trinajstić information content (AvgIpc) is 3.00. The highest BCUT2D eigenvalue weighted by Gasteiger charge is 2.34. The number of rotatable bonds is 9. The van der Waals surface area contributed by atoms with Crippen molar-refractivity contribution in [3.8, 4) is 5.75 Å². The SMILES string of the molecule is COc1ccccc1C(C(NC(=S)c1ccccc1)c1ccccc1)N(c1ccccc1)c1ccccc1. The third-order valence-corrected chi connectivity index (χ3v) is 6.96. The highest BCUT2D eigenvalue weighted by Crippen LogP contribution is 2.45. The number of thiocarbonyl (C=S) groups is 1. The first kappa shape index (κ1) is 25.2. The molecule has 3 nitrogen and oxygen atoms in total. The zero-order valence-corrected chi connectivity index (χ0v) is 22.1. The number of benzene rings is 5. The maximum atomic E-state index is 5.99. The summed E-state index contributed by atoms with van der Waals surface area (Å²) in [6, 6.07) is 49.4. The van der Waals surface area contributed by atoms with E-state index in [0.29, 0.717) is 4.99 Å². The zero-order chi connectivity index (χ0) is 26.2. The van der Waals surface area contributed by atoms with E-state index in [-0.39, 0.29) is 12.1 Å². The molecular formula is C34H30N2OS. The summed E-state index contributed by atoms with van der Waals surface area (Å²) in [6.07, 6.45) is 0. The van der Waals surface area contributed by atoms with Crippen LogP contribution in [0, 0.1) is 0 Å². The maximum absolute atomic E-state index is 5.99. The van der Waals surface area contributed by atoms with Gasteiger partial charge < -0.3 is 15.0 Å². The molecule has 0 saturated heterocycles. The molecule has 2 atom stereocenters. The van der Waals surface area contributed by atoms with Crippen LogP contribution in [0.5, 0.6) is 5.75 Å². The number of ether oxygens (including phenoxy) is 1. The van der Waals surface area contributed by atoms with Crippen LogP contribution in [0.3, 0.4) is 0 Å². The summed E-state index contributed by atoms with van der Waals surface area (Å²) in [7, 11) is 1.73. The Balaban J connectivity index is 1.75. The van der Waals surface area contributed by atoms with Crippen LogP contribution in [0.1, 0.15) is 28.8 Å². The second-order valence-electron chi connectivity index (χ2n) is 8.96. The van der Waals surface area contributed by atoms with E-state index in [1.807, 2.05) is 60.7 Å². The van der Waals surface area contributed by atoms with Crippen molar-refractivity contribution in [1.29, 1.82) is 0 Å². The molecule has 0 spiro atoms. The van der Waals surface area contributed by atoms with Crippen molar-refractivity contribution in [3.05, 3.63) is 162 Å². The molecule has 4 heteroatoms. The largest absolute Gasteiger partial charge is 0.496 e. The van der Waals surface area contributed by atoms with Crippen molar-refractivity contribution in [2.75, 3.05) is 12.0 Å². The van der Waals surface area contributed by atoms with Gasteiger partial charge in [-0.15, -0.1) is 0 Å². The molecule has 0 aliphatic carbocycles. The van der Waals surface area contributed by atoms with Crippen LogP contribution in [0.2, 0.25) is 0 Å². The summed E-state index contributed by atoms with van der Waals surface area (Å²) in [5.41, 5.74) is 5.30. The van der Waals surface area contributed by atoms with Crippen molar-refractivity contribution in [2.45, 2.75) is 12.1 Å². The maximum Gasteiger partial charge on any atom is 0.124 e. The van der Waals surface area contributed by atoms with Crippen LogP contribution in [0.4, 0.5) is 11.4 Å². The van der Waals surface area contributed by atoms with Crippen LogP contribution in [-0.4, -0.2) is 12.1 Å². The first-order valence-electron chi connectivity index (χ1n) is 12.7. The number of hydrogen-bond donors (Lipinski definition) is 1. The van der Waals surface area contributed by atoms with E-state index in [0.717, 1.165) is 33.8 Å². The van der Waals surface area contributed by atoms with Crippen molar-refractivity contribution in [3.63, 3.8) is 0 Å². The Kier molecular flexibility index (Phi) is 8.12. The molecule has 38 heavy (non-hydrogen) atoms. The number of nitrogens with zero attached hydrogens (tertiary/aromatic N) is 1. The first-order chi connectivity index (χ1) is 18.8. The van der Waals surface area contributed by atoms with E-state index < -0.39 is 0 Å². The summed E-state index contributed by atoms with van der Waals surface area (Å²) < 4.78 is 5.94. The van der Waals surface area contributed by atoms with Gasteiger partial charge in [0.05, 0.1) is 19.2 Å². The van der Waals surface area contributed by atoms with Gasteiger partial charge in [-0.25, -0.2) is 0 Å². The Morgan fingerprint density at radius 1 is 0.632 bits per heavy atom. The van der Waals surface area contributed by atoms with Crippen molar-refractivity contribution >= 4 is 28.6 Å². The smallest absolute Gasteiger partial charge is 0.124 e. The third kappa shape index (κ3) is 5.61. The number of anilines is 2. The molecule has 5 aromatic rings. The molecule has 0 aromatic heterocycles. The molecule has 0 bridgehead atoms. The molecule has 0 aliphatic rings.